The Morgan fingerprint density at radius 1 is 1.21 bits per heavy atom. The maximum atomic E-state index is 14.0. The molecule has 0 spiro atoms. The molecular formula is C21H22F7N3O2. The molecule has 1 atom stereocenters. The van der Waals surface area contributed by atoms with Gasteiger partial charge in [-0.3, -0.25) is 14.7 Å². The molecule has 0 saturated carbocycles. The summed E-state index contributed by atoms with van der Waals surface area (Å²) in [7, 11) is 0. The van der Waals surface area contributed by atoms with Crippen LogP contribution >= 0.6 is 0 Å². The van der Waals surface area contributed by atoms with Crippen molar-refractivity contribution in [1.29, 1.82) is 0 Å². The van der Waals surface area contributed by atoms with Gasteiger partial charge in [0, 0.05) is 17.2 Å². The smallest absolute Gasteiger partial charge is 0.430 e. The molecule has 1 N–H and O–H groups in total. The van der Waals surface area contributed by atoms with Crippen molar-refractivity contribution in [2.24, 2.45) is 4.99 Å². The molecule has 0 aliphatic carbocycles. The van der Waals surface area contributed by atoms with Crippen LogP contribution in [0.4, 0.5) is 35.5 Å². The molecule has 33 heavy (non-hydrogen) atoms. The van der Waals surface area contributed by atoms with Gasteiger partial charge in [0.1, 0.15) is 12.5 Å². The van der Waals surface area contributed by atoms with E-state index in [0.717, 1.165) is 13.1 Å². The molecule has 1 aliphatic heterocycles. The van der Waals surface area contributed by atoms with E-state index in [4.69, 9.17) is 0 Å². The highest BCUT2D eigenvalue weighted by Gasteiger charge is 2.50. The van der Waals surface area contributed by atoms with Gasteiger partial charge in [-0.25, -0.2) is 9.79 Å². The largest absolute Gasteiger partial charge is 0.431 e. The van der Waals surface area contributed by atoms with Crippen LogP contribution in [0.1, 0.15) is 50.6 Å². The molecule has 1 unspecified atom stereocenters. The number of cyclic esters (lactones) is 1. The normalized spacial score (nSPS) is 20.4. The van der Waals surface area contributed by atoms with Crippen LogP contribution in [0.3, 0.4) is 0 Å². The molecule has 1 amide bonds. The van der Waals surface area contributed by atoms with Gasteiger partial charge in [0.05, 0.1) is 17.0 Å². The van der Waals surface area contributed by atoms with Gasteiger partial charge in [0.25, 0.3) is 0 Å². The molecule has 12 heteroatoms. The standard InChI is InChI=1S/C21H22F7N3O2/c1-5-19(6-2,10-22)14-9-12(20(23,24)25)8-13(30-14)11(4)15-16(21(26,27)28)33-18(32)31-17(15)29-7-3/h7-9,16H,3,5-6,10H2,1-2,4H3,(H,29,31,32)/b15-11+. The number of carbonyl (C=O) groups is 1. The number of nitrogens with one attached hydrogen (secondary N) is 1. The van der Waals surface area contributed by atoms with E-state index >= 15 is 0 Å². The monoisotopic (exact) mass is 481 g/mol. The van der Waals surface area contributed by atoms with Crippen LogP contribution in [-0.2, 0) is 16.3 Å². The first-order valence-corrected chi connectivity index (χ1v) is 9.84. The average molecular weight is 481 g/mol. The summed E-state index contributed by atoms with van der Waals surface area (Å²) in [5.74, 6) is -0.593. The molecule has 1 aromatic heterocycles. The maximum Gasteiger partial charge on any atom is 0.430 e. The minimum absolute atomic E-state index is 0.108. The number of pyridine rings is 1. The Labute approximate surface area is 185 Å². The third-order valence-corrected chi connectivity index (χ3v) is 5.57. The quantitative estimate of drug-likeness (QED) is 0.499. The molecule has 2 heterocycles. The summed E-state index contributed by atoms with van der Waals surface area (Å²) in [6.07, 6.45) is -13.2. The van der Waals surface area contributed by atoms with E-state index in [-0.39, 0.29) is 24.1 Å². The number of amidine groups is 1. The van der Waals surface area contributed by atoms with Crippen LogP contribution in [0.2, 0.25) is 0 Å². The van der Waals surface area contributed by atoms with Crippen molar-refractivity contribution in [2.75, 3.05) is 6.67 Å². The van der Waals surface area contributed by atoms with Crippen molar-refractivity contribution in [3.05, 3.63) is 47.4 Å². The Morgan fingerprint density at radius 3 is 2.27 bits per heavy atom. The highest BCUT2D eigenvalue weighted by atomic mass is 19.4. The van der Waals surface area contributed by atoms with E-state index in [2.05, 4.69) is 21.3 Å². The molecule has 1 aromatic rings. The summed E-state index contributed by atoms with van der Waals surface area (Å²) in [6, 6.07) is 1.27. The van der Waals surface area contributed by atoms with E-state index < -0.39 is 59.3 Å². The van der Waals surface area contributed by atoms with Crippen molar-refractivity contribution in [3.8, 4) is 0 Å². The summed E-state index contributed by atoms with van der Waals surface area (Å²) in [5.41, 5.74) is -4.41. The van der Waals surface area contributed by atoms with E-state index in [9.17, 15) is 35.5 Å². The Hall–Kier alpha value is -2.92. The van der Waals surface area contributed by atoms with E-state index in [1.54, 1.807) is 13.8 Å². The van der Waals surface area contributed by atoms with Crippen LogP contribution in [0.5, 0.6) is 0 Å². The number of alkyl halides is 7. The lowest BCUT2D eigenvalue weighted by atomic mass is 9.79. The van der Waals surface area contributed by atoms with Crippen LogP contribution in [0.25, 0.3) is 5.57 Å². The van der Waals surface area contributed by atoms with E-state index in [1.165, 1.54) is 0 Å². The second-order valence-electron chi connectivity index (χ2n) is 7.40. The number of aliphatic imine (C=N–C) groups is 1. The summed E-state index contributed by atoms with van der Waals surface area (Å²) in [4.78, 5) is 19.4. The van der Waals surface area contributed by atoms with Crippen molar-refractivity contribution in [2.45, 2.75) is 57.5 Å². The van der Waals surface area contributed by atoms with Gasteiger partial charge in [-0.2, -0.15) is 26.3 Å². The van der Waals surface area contributed by atoms with Crippen LogP contribution < -0.4 is 5.32 Å². The number of carbonyl (C=O) groups excluding carboxylic acids is 1. The second-order valence-corrected chi connectivity index (χ2v) is 7.40. The zero-order valence-corrected chi connectivity index (χ0v) is 18.0. The predicted molar refractivity (Wildman–Crippen MR) is 107 cm³/mol. The molecule has 5 nitrogen and oxygen atoms in total. The first-order valence-electron chi connectivity index (χ1n) is 9.84. The van der Waals surface area contributed by atoms with Crippen molar-refractivity contribution < 1.29 is 40.3 Å². The van der Waals surface area contributed by atoms with E-state index in [1.807, 2.05) is 5.32 Å². The topological polar surface area (TPSA) is 63.6 Å². The average Bonchev–Trinajstić information content (AvgIpc) is 2.73. The molecule has 1 saturated heterocycles. The van der Waals surface area contributed by atoms with Gasteiger partial charge < -0.3 is 4.74 Å². The lowest BCUT2D eigenvalue weighted by Crippen LogP contribution is -2.50. The van der Waals surface area contributed by atoms with Gasteiger partial charge in [0.2, 0.25) is 6.10 Å². The van der Waals surface area contributed by atoms with Crippen LogP contribution in [0, 0.1) is 0 Å². The summed E-state index contributed by atoms with van der Waals surface area (Å²) in [5, 5.41) is 1.99. The summed E-state index contributed by atoms with van der Waals surface area (Å²) >= 11 is 0. The molecule has 0 radical (unpaired) electrons. The highest BCUT2D eigenvalue weighted by Crippen LogP contribution is 2.39. The first-order chi connectivity index (χ1) is 15.2. The lowest BCUT2D eigenvalue weighted by Gasteiger charge is -2.31. The molecule has 2 rings (SSSR count). The third kappa shape index (κ3) is 5.36. The Morgan fingerprint density at radius 2 is 1.82 bits per heavy atom. The van der Waals surface area contributed by atoms with Gasteiger partial charge in [-0.15, -0.1) is 0 Å². The number of amides is 1. The zero-order valence-electron chi connectivity index (χ0n) is 18.0. The molecule has 1 fully saturated rings. The number of allylic oxidation sites excluding steroid dienone is 1. The molecule has 182 valence electrons. The number of hydrogen-bond acceptors (Lipinski definition) is 4. The fourth-order valence-electron chi connectivity index (χ4n) is 3.45. The van der Waals surface area contributed by atoms with Crippen molar-refractivity contribution in [3.63, 3.8) is 0 Å². The first kappa shape index (κ1) is 26.3. The van der Waals surface area contributed by atoms with Crippen LogP contribution in [-0.4, -0.2) is 35.9 Å². The number of halogens is 7. The molecule has 0 bridgehead atoms. The number of rotatable bonds is 6. The lowest BCUT2D eigenvalue weighted by molar-refractivity contribution is -0.190. The highest BCUT2D eigenvalue weighted by molar-refractivity contribution is 6.13. The van der Waals surface area contributed by atoms with Crippen LogP contribution in [0.15, 0.2) is 35.5 Å². The molecular weight excluding hydrogens is 459 g/mol. The predicted octanol–water partition coefficient (Wildman–Crippen LogP) is 6.11. The Bertz CT molecular complexity index is 969. The van der Waals surface area contributed by atoms with Gasteiger partial charge >= 0.3 is 18.4 Å². The zero-order chi connectivity index (χ0) is 25.2. The number of aromatic nitrogens is 1. The van der Waals surface area contributed by atoms with Gasteiger partial charge in [0.15, 0.2) is 0 Å². The fourth-order valence-corrected chi connectivity index (χ4v) is 3.45. The number of nitrogens with zero attached hydrogens (tertiary/aromatic N) is 2. The number of hydrogen-bond donors (Lipinski definition) is 1. The van der Waals surface area contributed by atoms with E-state index in [0.29, 0.717) is 12.1 Å². The Kier molecular flexibility index (Phi) is 7.60. The number of alkyl carbamates (subject to hydrolysis) is 1. The molecule has 0 aromatic carbocycles. The second kappa shape index (κ2) is 9.52. The van der Waals surface area contributed by atoms with Gasteiger partial charge in [-0.05, 0) is 37.5 Å². The summed E-state index contributed by atoms with van der Waals surface area (Å²) in [6.45, 7) is 6.50. The summed E-state index contributed by atoms with van der Waals surface area (Å²) < 4.78 is 100. The Balaban J connectivity index is 2.91. The van der Waals surface area contributed by atoms with Crippen molar-refractivity contribution in [1.82, 2.24) is 10.3 Å². The fraction of sp³-hybridized carbons (Fsp3) is 0.476. The maximum absolute atomic E-state index is 14.0. The third-order valence-electron chi connectivity index (χ3n) is 5.57. The minimum atomic E-state index is -5.10. The SMILES string of the molecule is C=CN=C1NC(=O)OC(C(F)(F)F)/C1=C(/C)c1cc(C(F)(F)F)cc(C(CC)(CC)CF)n1. The number of ether oxygens (including phenoxy) is 1. The minimum Gasteiger partial charge on any atom is -0.431 e. The van der Waals surface area contributed by atoms with Gasteiger partial charge in [-0.1, -0.05) is 20.4 Å². The van der Waals surface area contributed by atoms with Crippen molar-refractivity contribution >= 4 is 17.5 Å². The molecule has 1 aliphatic rings.